The summed E-state index contributed by atoms with van der Waals surface area (Å²) in [5.74, 6) is 3.08. The van der Waals surface area contributed by atoms with E-state index in [2.05, 4.69) is 26.1 Å². The summed E-state index contributed by atoms with van der Waals surface area (Å²) in [7, 11) is 0. The van der Waals surface area contributed by atoms with Gasteiger partial charge in [0.15, 0.2) is 0 Å². The smallest absolute Gasteiger partial charge is 0.126 e. The van der Waals surface area contributed by atoms with Crippen molar-refractivity contribution in [2.45, 2.75) is 103 Å². The normalized spacial score (nSPS) is 33.7. The van der Waals surface area contributed by atoms with Crippen LogP contribution in [0.5, 0.6) is 0 Å². The van der Waals surface area contributed by atoms with Crippen molar-refractivity contribution < 1.29 is 4.39 Å². The third-order valence-corrected chi connectivity index (χ3v) is 9.05. The highest BCUT2D eigenvalue weighted by Gasteiger charge is 2.46. The number of aryl methyl sites for hydroxylation is 1. The van der Waals surface area contributed by atoms with Crippen LogP contribution in [0.4, 0.5) is 4.39 Å². The Kier molecular flexibility index (Phi) is 7.40. The summed E-state index contributed by atoms with van der Waals surface area (Å²) < 4.78 is 14.7. The molecule has 0 aromatic heterocycles. The Hall–Kier alpha value is -1.37. The minimum absolute atomic E-state index is 0.0180. The van der Waals surface area contributed by atoms with Gasteiger partial charge in [-0.2, -0.15) is 0 Å². The number of benzene rings is 1. The average Bonchev–Trinajstić information content (AvgIpc) is 3.05. The van der Waals surface area contributed by atoms with Gasteiger partial charge < -0.3 is 0 Å². The molecule has 3 unspecified atom stereocenters. The van der Waals surface area contributed by atoms with E-state index >= 15 is 0 Å². The van der Waals surface area contributed by atoms with E-state index in [0.29, 0.717) is 11.3 Å². The monoisotopic (exact) mass is 422 g/mol. The fourth-order valence-electron chi connectivity index (χ4n) is 7.68. The maximum absolute atomic E-state index is 14.7. The SMILES string of the molecule is C=CCCc1cccc(F)c1C1CCC(CCC2CC(C)CC23CCCC(=C)C3)CC1. The first-order chi connectivity index (χ1) is 15.0. The molecule has 1 aromatic carbocycles. The molecule has 0 heterocycles. The number of allylic oxidation sites excluding steroid dienone is 2. The highest BCUT2D eigenvalue weighted by atomic mass is 19.1. The summed E-state index contributed by atoms with van der Waals surface area (Å²) >= 11 is 0. The standard InChI is InChI=1S/C30H43F/c1-4-5-9-25-10-6-11-28(31)29(25)26-15-12-24(13-16-26)14-17-27-19-23(3)21-30(27)18-7-8-22(2)20-30/h4,6,10-11,23-24,26-27H,1-2,5,7-9,12-21H2,3H3. The molecule has 3 aliphatic rings. The van der Waals surface area contributed by atoms with Crippen molar-refractivity contribution in [2.24, 2.45) is 23.2 Å². The molecule has 31 heavy (non-hydrogen) atoms. The molecule has 3 atom stereocenters. The predicted octanol–water partition coefficient (Wildman–Crippen LogP) is 9.16. The van der Waals surface area contributed by atoms with Crippen LogP contribution in [0.3, 0.4) is 0 Å². The van der Waals surface area contributed by atoms with Crippen LogP contribution in [0, 0.1) is 29.0 Å². The second-order valence-corrected chi connectivity index (χ2v) is 11.3. The number of rotatable bonds is 7. The van der Waals surface area contributed by atoms with Crippen LogP contribution in [-0.2, 0) is 6.42 Å². The highest BCUT2D eigenvalue weighted by Crippen LogP contribution is 2.57. The molecule has 1 aromatic rings. The van der Waals surface area contributed by atoms with E-state index in [1.807, 2.05) is 12.1 Å². The van der Waals surface area contributed by atoms with Crippen molar-refractivity contribution in [3.8, 4) is 0 Å². The third kappa shape index (κ3) is 5.18. The molecule has 0 saturated heterocycles. The first kappa shape index (κ1) is 22.8. The summed E-state index contributed by atoms with van der Waals surface area (Å²) in [4.78, 5) is 0. The molecule has 0 bridgehead atoms. The van der Waals surface area contributed by atoms with Crippen molar-refractivity contribution >= 4 is 0 Å². The zero-order valence-corrected chi connectivity index (χ0v) is 19.8. The van der Waals surface area contributed by atoms with E-state index in [0.717, 1.165) is 49.0 Å². The summed E-state index contributed by atoms with van der Waals surface area (Å²) in [5.41, 5.74) is 4.33. The zero-order chi connectivity index (χ0) is 21.8. The summed E-state index contributed by atoms with van der Waals surface area (Å²) in [6.07, 6.45) is 19.7. The van der Waals surface area contributed by atoms with Gasteiger partial charge in [0.05, 0.1) is 0 Å². The Morgan fingerprint density at radius 3 is 2.71 bits per heavy atom. The molecule has 0 radical (unpaired) electrons. The van der Waals surface area contributed by atoms with Crippen LogP contribution in [-0.4, -0.2) is 0 Å². The van der Waals surface area contributed by atoms with Crippen molar-refractivity contribution in [1.29, 1.82) is 0 Å². The molecule has 170 valence electrons. The quantitative estimate of drug-likeness (QED) is 0.384. The first-order valence-electron chi connectivity index (χ1n) is 13.1. The molecule has 1 spiro atoms. The minimum atomic E-state index is 0.0180. The lowest BCUT2D eigenvalue weighted by Crippen LogP contribution is -2.29. The van der Waals surface area contributed by atoms with E-state index in [9.17, 15) is 4.39 Å². The lowest BCUT2D eigenvalue weighted by atomic mass is 9.64. The van der Waals surface area contributed by atoms with Gasteiger partial charge in [-0.1, -0.05) is 43.7 Å². The van der Waals surface area contributed by atoms with Crippen molar-refractivity contribution in [2.75, 3.05) is 0 Å². The van der Waals surface area contributed by atoms with Crippen LogP contribution in [0.25, 0.3) is 0 Å². The van der Waals surface area contributed by atoms with Crippen LogP contribution < -0.4 is 0 Å². The summed E-state index contributed by atoms with van der Waals surface area (Å²) in [6, 6.07) is 5.67. The molecule has 0 amide bonds. The van der Waals surface area contributed by atoms with E-state index in [4.69, 9.17) is 0 Å². The minimum Gasteiger partial charge on any atom is -0.207 e. The Morgan fingerprint density at radius 2 is 1.97 bits per heavy atom. The van der Waals surface area contributed by atoms with Gasteiger partial charge in [0, 0.05) is 0 Å². The van der Waals surface area contributed by atoms with Crippen LogP contribution in [0.1, 0.15) is 107 Å². The van der Waals surface area contributed by atoms with Crippen LogP contribution >= 0.6 is 0 Å². The van der Waals surface area contributed by atoms with E-state index in [-0.39, 0.29) is 5.82 Å². The van der Waals surface area contributed by atoms with Crippen LogP contribution in [0.15, 0.2) is 43.0 Å². The van der Waals surface area contributed by atoms with Crippen molar-refractivity contribution in [1.82, 2.24) is 0 Å². The fourth-order valence-corrected chi connectivity index (χ4v) is 7.68. The van der Waals surface area contributed by atoms with E-state index < -0.39 is 0 Å². The molecule has 1 heteroatoms. The second-order valence-electron chi connectivity index (χ2n) is 11.3. The average molecular weight is 423 g/mol. The van der Waals surface area contributed by atoms with Gasteiger partial charge >= 0.3 is 0 Å². The maximum atomic E-state index is 14.7. The predicted molar refractivity (Wildman–Crippen MR) is 131 cm³/mol. The lowest BCUT2D eigenvalue weighted by Gasteiger charge is -2.41. The molecule has 3 fully saturated rings. The van der Waals surface area contributed by atoms with Gasteiger partial charge in [-0.15, -0.1) is 6.58 Å². The zero-order valence-electron chi connectivity index (χ0n) is 19.8. The number of hydrogen-bond acceptors (Lipinski definition) is 0. The first-order valence-corrected chi connectivity index (χ1v) is 13.1. The van der Waals surface area contributed by atoms with Gasteiger partial charge in [0.2, 0.25) is 0 Å². The van der Waals surface area contributed by atoms with Crippen molar-refractivity contribution in [3.05, 3.63) is 60.0 Å². The molecule has 0 nitrogen and oxygen atoms in total. The van der Waals surface area contributed by atoms with Gasteiger partial charge in [-0.05, 0) is 130 Å². The molecule has 3 aliphatic carbocycles. The molecule has 3 saturated carbocycles. The molecule has 4 rings (SSSR count). The number of halogens is 1. The van der Waals surface area contributed by atoms with E-state index in [1.165, 1.54) is 75.3 Å². The van der Waals surface area contributed by atoms with Gasteiger partial charge in [-0.3, -0.25) is 0 Å². The summed E-state index contributed by atoms with van der Waals surface area (Å²) in [5, 5.41) is 0. The molecule has 0 N–H and O–H groups in total. The third-order valence-electron chi connectivity index (χ3n) is 9.05. The van der Waals surface area contributed by atoms with E-state index in [1.54, 1.807) is 6.07 Å². The molecular weight excluding hydrogens is 379 g/mol. The van der Waals surface area contributed by atoms with Gasteiger partial charge in [0.25, 0.3) is 0 Å². The van der Waals surface area contributed by atoms with Crippen LogP contribution in [0.2, 0.25) is 0 Å². The number of hydrogen-bond donors (Lipinski definition) is 0. The summed E-state index contributed by atoms with van der Waals surface area (Å²) in [6.45, 7) is 10.7. The van der Waals surface area contributed by atoms with Gasteiger partial charge in [-0.25, -0.2) is 4.39 Å². The molecule has 0 aliphatic heterocycles. The Morgan fingerprint density at radius 1 is 1.16 bits per heavy atom. The Bertz CT molecular complexity index is 769. The fraction of sp³-hybridized carbons (Fsp3) is 0.667. The lowest BCUT2D eigenvalue weighted by molar-refractivity contribution is 0.135. The molecular formula is C30H43F. The Labute approximate surface area is 190 Å². The highest BCUT2D eigenvalue weighted by molar-refractivity contribution is 5.32. The van der Waals surface area contributed by atoms with Gasteiger partial charge in [0.1, 0.15) is 5.82 Å². The maximum Gasteiger partial charge on any atom is 0.126 e. The largest absolute Gasteiger partial charge is 0.207 e. The van der Waals surface area contributed by atoms with Crippen molar-refractivity contribution in [3.63, 3.8) is 0 Å². The Balaban J connectivity index is 1.33. The topological polar surface area (TPSA) is 0 Å². The second kappa shape index (κ2) is 10.1.